The molecule has 0 atom stereocenters. The molecule has 41 nitrogen and oxygen atoms in total. The number of carbonyl (C=O) groups excluding carboxylic acids is 2. The molecular formula is C108H103N29O12. The first-order valence-corrected chi connectivity index (χ1v) is 47.6. The number of allylic oxidation sites excluding steroid dienone is 2. The number of benzene rings is 8. The van der Waals surface area contributed by atoms with E-state index in [1.165, 1.54) is 34.4 Å². The van der Waals surface area contributed by atoms with E-state index in [1.807, 2.05) is 239 Å². The molecule has 41 heteroatoms. The van der Waals surface area contributed by atoms with Gasteiger partial charge in [0.2, 0.25) is 0 Å². The highest BCUT2D eigenvalue weighted by Crippen LogP contribution is 2.32. The Hall–Kier alpha value is -18.6. The third kappa shape index (κ3) is 24.4. The molecule has 0 saturated carbocycles. The minimum absolute atomic E-state index is 0.0585. The van der Waals surface area contributed by atoms with Crippen molar-refractivity contribution in [3.8, 4) is 11.4 Å². The largest absolute Gasteiger partial charge is 0.462 e. The maximum atomic E-state index is 12.0. The first kappa shape index (κ1) is 103. The van der Waals surface area contributed by atoms with Gasteiger partial charge in [0.25, 0.3) is 22.2 Å². The molecule has 0 unspecified atom stereocenters. The number of imidazole rings is 1. The first-order chi connectivity index (χ1) is 72.4. The number of aryl methyl sites for hydroxylation is 2. The number of ether oxygens (including phenoxy) is 2. The zero-order chi connectivity index (χ0) is 105. The van der Waals surface area contributed by atoms with Crippen molar-refractivity contribution in [3.63, 3.8) is 0 Å². The number of aliphatic imine (C=N–C) groups is 4. The lowest BCUT2D eigenvalue weighted by atomic mass is 10.1. The van der Waals surface area contributed by atoms with E-state index in [2.05, 4.69) is 135 Å². The summed E-state index contributed by atoms with van der Waals surface area (Å²) in [6.45, 7) is 37.0. The minimum Gasteiger partial charge on any atom is -0.462 e. The molecular weight excluding hydrogens is 1900 g/mol. The maximum absolute atomic E-state index is 12.0. The van der Waals surface area contributed by atoms with Crippen molar-refractivity contribution < 1.29 is 38.6 Å². The lowest BCUT2D eigenvalue weighted by Crippen LogP contribution is -2.23. The average molecular weight is 2000 g/mol. The monoisotopic (exact) mass is 2000 g/mol. The summed E-state index contributed by atoms with van der Waals surface area (Å²) in [4.78, 5) is 139. The van der Waals surface area contributed by atoms with Gasteiger partial charge >= 0.3 is 12.1 Å². The Morgan fingerprint density at radius 1 is 0.450 bits per heavy atom. The van der Waals surface area contributed by atoms with Crippen LogP contribution in [0.4, 0.5) is 16.2 Å². The maximum Gasteiger partial charge on any atom is 0.411 e. The van der Waals surface area contributed by atoms with Gasteiger partial charge in [0, 0.05) is 124 Å². The molecule has 149 heavy (non-hydrogen) atoms. The number of fused-ring (bicyclic) bond motifs is 12. The zero-order valence-electron chi connectivity index (χ0n) is 83.7. The summed E-state index contributed by atoms with van der Waals surface area (Å²) >= 11 is 0. The summed E-state index contributed by atoms with van der Waals surface area (Å²) in [6, 6.07) is 68.3. The van der Waals surface area contributed by atoms with E-state index in [9.17, 15) is 28.8 Å². The molecule has 15 aromatic rings. The van der Waals surface area contributed by atoms with Crippen molar-refractivity contribution in [3.05, 3.63) is 380 Å². The van der Waals surface area contributed by atoms with Gasteiger partial charge in [-0.15, -0.1) is 10.2 Å². The number of aromatic nitrogens is 16. The highest BCUT2D eigenvalue weighted by Gasteiger charge is 2.30. The molecule has 0 saturated heterocycles. The van der Waals surface area contributed by atoms with Crippen LogP contribution in [-0.2, 0) is 74.2 Å². The number of rotatable bonds is 17. The molecule has 0 fully saturated rings. The van der Waals surface area contributed by atoms with E-state index in [0.29, 0.717) is 121 Å². The average Bonchev–Trinajstić information content (AvgIpc) is 1.63. The Labute approximate surface area is 853 Å². The van der Waals surface area contributed by atoms with E-state index in [0.717, 1.165) is 155 Å². The van der Waals surface area contributed by atoms with Crippen LogP contribution < -0.4 is 32.9 Å². The Bertz CT molecular complexity index is 8360. The predicted molar refractivity (Wildman–Crippen MR) is 570 cm³/mol. The highest BCUT2D eigenvalue weighted by atomic mass is 17.2. The van der Waals surface area contributed by atoms with Crippen molar-refractivity contribution in [2.75, 3.05) is 70.9 Å². The third-order valence-electron chi connectivity index (χ3n) is 23.4. The summed E-state index contributed by atoms with van der Waals surface area (Å²) in [6.07, 6.45) is 5.95. The van der Waals surface area contributed by atoms with Crippen LogP contribution in [0.15, 0.2) is 301 Å². The predicted octanol–water partition coefficient (Wildman–Crippen LogP) is 14.5. The molecule has 8 aromatic carbocycles. The van der Waals surface area contributed by atoms with Gasteiger partial charge in [-0.25, -0.2) is 82.8 Å². The number of nitrogens with one attached hydrogen (secondary N) is 2. The molecule has 2 N–H and O–H groups in total. The van der Waals surface area contributed by atoms with Crippen molar-refractivity contribution in [2.24, 2.45) is 45.5 Å². The SMILES string of the molecule is CC1=Nn2c(nc(=O)c3ccccc32)C1.CC1=Nn2c(nc3ccccc32)C1.CC1=Nn2c(nc3ccccc3c2=O)C1.CC1=Nn2c(ncc(C)c2=O)C1.CCNc1ccccc1C1=NC(c2ccccc2)=NC1.CCOC(=O)Nc1ccccc1C1=NC(c2ccccc2)=NC1.CCOC(=O)c1cn2c(nc1=O)CC(C)=N2.[C-]#[N+]C1=C(COOC)c2nc(-c3ccccc3)nn2C1.[C-]#[N+]C1=C(COOC)c2nnc(C)n2C1. The van der Waals surface area contributed by atoms with Crippen LogP contribution in [0, 0.1) is 27.0 Å². The third-order valence-corrected chi connectivity index (χ3v) is 23.4. The number of carbonyl (C=O) groups is 2. The molecule has 752 valence electrons. The van der Waals surface area contributed by atoms with Crippen LogP contribution in [0.1, 0.15) is 140 Å². The van der Waals surface area contributed by atoms with Crippen LogP contribution in [0.5, 0.6) is 0 Å². The van der Waals surface area contributed by atoms with Crippen LogP contribution in [0.25, 0.3) is 65.1 Å². The molecule has 0 aliphatic carbocycles. The second-order valence-electron chi connectivity index (χ2n) is 34.1. The van der Waals surface area contributed by atoms with Gasteiger partial charge in [-0.3, -0.25) is 39.2 Å². The smallest absolute Gasteiger partial charge is 0.411 e. The van der Waals surface area contributed by atoms with Crippen LogP contribution in [-0.4, -0.2) is 202 Å². The van der Waals surface area contributed by atoms with Crippen molar-refractivity contribution in [1.82, 2.24) is 77.8 Å². The molecule has 1 amide bonds. The number of hydrogen-bond acceptors (Lipinski definition) is 31. The molecule has 0 radical (unpaired) electrons. The highest BCUT2D eigenvalue weighted by molar-refractivity contribution is 6.20. The van der Waals surface area contributed by atoms with E-state index >= 15 is 0 Å². The Morgan fingerprint density at radius 3 is 1.53 bits per heavy atom. The number of hydrogen-bond donors (Lipinski definition) is 2. The van der Waals surface area contributed by atoms with Crippen molar-refractivity contribution >= 4 is 119 Å². The summed E-state index contributed by atoms with van der Waals surface area (Å²) in [5, 5.41) is 40.9. The fraction of sp³-hybridized carbons (Fsp3) is 0.241. The molecule has 0 spiro atoms. The Morgan fingerprint density at radius 2 is 0.926 bits per heavy atom. The van der Waals surface area contributed by atoms with Gasteiger partial charge in [-0.1, -0.05) is 164 Å². The number of amidine groups is 2. The molecule has 0 bridgehead atoms. The molecule has 16 heterocycles. The minimum atomic E-state index is -0.657. The Balaban J connectivity index is 0.000000120. The quantitative estimate of drug-likeness (QED) is 0.0370. The van der Waals surface area contributed by atoms with E-state index in [1.54, 1.807) is 48.5 Å². The zero-order valence-corrected chi connectivity index (χ0v) is 83.7. The Kier molecular flexibility index (Phi) is 33.4. The number of esters is 1. The van der Waals surface area contributed by atoms with Gasteiger partial charge in [-0.2, -0.15) is 49.9 Å². The summed E-state index contributed by atoms with van der Waals surface area (Å²) in [5.74, 6) is 7.53. The lowest BCUT2D eigenvalue weighted by Gasteiger charge is -2.10. The van der Waals surface area contributed by atoms with Gasteiger partial charge in [0.1, 0.15) is 59.5 Å². The van der Waals surface area contributed by atoms with Gasteiger partial charge in [0.05, 0.1) is 123 Å². The molecule has 9 aliphatic rings. The van der Waals surface area contributed by atoms with Crippen molar-refractivity contribution in [1.29, 1.82) is 0 Å². The standard InChI is InChI=1S/C18H17N3O2.C17H17N3.C14H12N4O2.2C11H9N3O.C10H11N3O3.C10H9N3.C9H10N4O2.C8H9N3O/c1-2-23-18(22)21-15-11-7-6-10-14(15)16-12-19-17(20-16)13-8-4-3-5-9-13;1-2-18-15-11-7-6-10-14(15)16-12-19-17(20-16)13-8-4-3-5-9-13;1-15-12-8-18-14(11(12)9-20-19-2)16-13(17-18)10-6-4-3-5-7-10;1-7-6-10-12-11(15)8-4-2-3-5-9(8)14(10)13-7;1-7-6-10-12-9-5-3-2-4-8(9)11(15)14(10)13-7;1-3-16-10(15)7-5-13-8(11-9(7)14)4-6(2)12-13;1-7-6-10-11-8-4-2-3-5-9(8)13(10)12-7;1-6-11-12-9-7(5-15-14-3)8(10-2)4-13(6)9;1-5-4-9-7-3-6(2)10-11(7)8(5)12/h3-11H,2,12H2,1H3,(H,21,22);3-11,18H,2,12H2,1H3;3-7H,8-9H2,2H3;2*2-5H,6H2,1H3;5H,3-4H2,1-2H3;2-5H,6H2,1H3;4-5H2,1,3H3;4H,3H2,1-2H3. The van der Waals surface area contributed by atoms with Gasteiger partial charge in [0.15, 0.2) is 34.7 Å². The number of anilines is 2. The van der Waals surface area contributed by atoms with Gasteiger partial charge < -0.3 is 19.4 Å². The lowest BCUT2D eigenvalue weighted by molar-refractivity contribution is -0.261. The van der Waals surface area contributed by atoms with Crippen molar-refractivity contribution in [2.45, 2.75) is 114 Å². The molecule has 9 aliphatic heterocycles. The fourth-order valence-electron chi connectivity index (χ4n) is 16.4. The molecule has 7 aromatic heterocycles. The van der Waals surface area contributed by atoms with Gasteiger partial charge in [-0.05, 0) is 118 Å². The summed E-state index contributed by atoms with van der Waals surface area (Å²) in [7, 11) is 2.87. The topological polar surface area (TPSA) is 452 Å². The second-order valence-corrected chi connectivity index (χ2v) is 34.1. The van der Waals surface area contributed by atoms with Crippen LogP contribution in [0.3, 0.4) is 0 Å². The van der Waals surface area contributed by atoms with E-state index in [-0.39, 0.29) is 42.1 Å². The first-order valence-electron chi connectivity index (χ1n) is 47.6. The number of nitrogens with zero attached hydrogens (tertiary/aromatic N) is 27. The van der Waals surface area contributed by atoms with Crippen LogP contribution >= 0.6 is 0 Å². The molecule has 24 rings (SSSR count). The number of amides is 1. The van der Waals surface area contributed by atoms with E-state index in [4.69, 9.17) is 37.4 Å². The van der Waals surface area contributed by atoms with Crippen LogP contribution in [0.2, 0.25) is 0 Å². The van der Waals surface area contributed by atoms with E-state index < -0.39 is 17.6 Å². The fourth-order valence-corrected chi connectivity index (χ4v) is 16.4. The second kappa shape index (κ2) is 48.2. The normalized spacial score (nSPS) is 13.8. The summed E-state index contributed by atoms with van der Waals surface area (Å²) < 4.78 is 21.2. The number of para-hydroxylation sites is 6. The summed E-state index contributed by atoms with van der Waals surface area (Å²) in [5.41, 5.74) is 19.6.